The number of benzene rings is 3. The average Bonchev–Trinajstić information content (AvgIpc) is 3.09. The number of thiazole rings is 1. The maximum atomic E-state index is 14.5. The van der Waals surface area contributed by atoms with Crippen LogP contribution in [-0.4, -0.2) is 25.6 Å². The summed E-state index contributed by atoms with van der Waals surface area (Å²) in [6.45, 7) is 0. The van der Waals surface area contributed by atoms with Gasteiger partial charge in [-0.15, -0.1) is 0 Å². The molecule has 0 bridgehead atoms. The van der Waals surface area contributed by atoms with Crippen molar-refractivity contribution >= 4 is 42.4 Å². The molecule has 146 valence electrons. The monoisotopic (exact) mass is 426 g/mol. The molecule has 0 aliphatic carbocycles. The van der Waals surface area contributed by atoms with E-state index in [1.165, 1.54) is 24.3 Å². The number of rotatable bonds is 4. The molecular weight excluding hydrogens is 411 g/mol. The van der Waals surface area contributed by atoms with Gasteiger partial charge < -0.3 is 0 Å². The van der Waals surface area contributed by atoms with E-state index in [4.69, 9.17) is 0 Å². The molecule has 0 spiro atoms. The first-order valence-electron chi connectivity index (χ1n) is 8.58. The van der Waals surface area contributed by atoms with Gasteiger partial charge in [-0.05, 0) is 41.5 Å². The zero-order valence-electron chi connectivity index (χ0n) is 15.2. The second kappa shape index (κ2) is 7.38. The Bertz CT molecular complexity index is 1330. The van der Waals surface area contributed by atoms with Crippen molar-refractivity contribution in [3.8, 4) is 11.1 Å². The highest BCUT2D eigenvalue weighted by atomic mass is 32.2. The minimum Gasteiger partial charge on any atom is -0.298 e. The normalized spacial score (nSPS) is 11.5. The van der Waals surface area contributed by atoms with Gasteiger partial charge in [-0.2, -0.15) is 0 Å². The first-order chi connectivity index (χ1) is 13.8. The summed E-state index contributed by atoms with van der Waals surface area (Å²) in [6, 6.07) is 18.3. The Morgan fingerprint density at radius 3 is 2.45 bits per heavy atom. The Balaban J connectivity index is 1.59. The van der Waals surface area contributed by atoms with Gasteiger partial charge in [0.05, 0.1) is 20.7 Å². The van der Waals surface area contributed by atoms with Crippen LogP contribution in [0.15, 0.2) is 71.6 Å². The van der Waals surface area contributed by atoms with E-state index < -0.39 is 21.6 Å². The molecular formula is C21H15FN2O3S2. The molecule has 0 aliphatic heterocycles. The van der Waals surface area contributed by atoms with Crippen LogP contribution in [0.4, 0.5) is 9.52 Å². The fraction of sp³-hybridized carbons (Fsp3) is 0.0476. The molecule has 0 saturated carbocycles. The molecule has 0 unspecified atom stereocenters. The van der Waals surface area contributed by atoms with Gasteiger partial charge in [0, 0.05) is 6.26 Å². The number of carbonyl (C=O) groups excluding carboxylic acids is 1. The Labute approximate surface area is 170 Å². The lowest BCUT2D eigenvalue weighted by Crippen LogP contribution is -2.13. The van der Waals surface area contributed by atoms with E-state index in [0.717, 1.165) is 23.2 Å². The van der Waals surface area contributed by atoms with Gasteiger partial charge in [0.25, 0.3) is 5.91 Å². The smallest absolute Gasteiger partial charge is 0.260 e. The fourth-order valence-electron chi connectivity index (χ4n) is 2.86. The van der Waals surface area contributed by atoms with Crippen LogP contribution < -0.4 is 5.32 Å². The Morgan fingerprint density at radius 1 is 1.00 bits per heavy atom. The standard InChI is InChI=1S/C21H15FN2O3S2/c1-29(26,27)15-8-10-18-19(12-15)28-21(23-18)24-20(25)16-9-7-14(11-17(16)22)13-5-3-2-4-6-13/h2-12H,1H3,(H,23,24,25). The van der Waals surface area contributed by atoms with Gasteiger partial charge in [-0.1, -0.05) is 47.7 Å². The van der Waals surface area contributed by atoms with Crippen LogP contribution in [0.2, 0.25) is 0 Å². The molecule has 4 rings (SSSR count). The van der Waals surface area contributed by atoms with E-state index in [2.05, 4.69) is 10.3 Å². The summed E-state index contributed by atoms with van der Waals surface area (Å²) in [6.07, 6.45) is 1.12. The van der Waals surface area contributed by atoms with Crippen LogP contribution in [0.1, 0.15) is 10.4 Å². The SMILES string of the molecule is CS(=O)(=O)c1ccc2nc(NC(=O)c3ccc(-c4ccccc4)cc3F)sc2c1. The van der Waals surface area contributed by atoms with E-state index >= 15 is 0 Å². The number of carbonyl (C=O) groups is 1. The summed E-state index contributed by atoms with van der Waals surface area (Å²) in [5.41, 5.74) is 1.98. The van der Waals surface area contributed by atoms with Gasteiger partial charge in [0.15, 0.2) is 15.0 Å². The quantitative estimate of drug-likeness (QED) is 0.511. The van der Waals surface area contributed by atoms with Crippen LogP contribution in [0.5, 0.6) is 0 Å². The maximum Gasteiger partial charge on any atom is 0.260 e. The number of amides is 1. The molecule has 1 aromatic heterocycles. The first-order valence-corrected chi connectivity index (χ1v) is 11.3. The van der Waals surface area contributed by atoms with Gasteiger partial charge in [0.1, 0.15) is 5.82 Å². The summed E-state index contributed by atoms with van der Waals surface area (Å²) in [5, 5.41) is 2.85. The van der Waals surface area contributed by atoms with Crippen LogP contribution in [0.3, 0.4) is 0 Å². The summed E-state index contributed by atoms with van der Waals surface area (Å²) >= 11 is 1.13. The van der Waals surface area contributed by atoms with Crippen molar-refractivity contribution in [3.05, 3.63) is 78.1 Å². The molecule has 0 radical (unpaired) electrons. The number of nitrogens with one attached hydrogen (secondary N) is 1. The van der Waals surface area contributed by atoms with Gasteiger partial charge in [-0.25, -0.2) is 17.8 Å². The minimum atomic E-state index is -3.34. The van der Waals surface area contributed by atoms with E-state index in [-0.39, 0.29) is 15.6 Å². The van der Waals surface area contributed by atoms with Crippen molar-refractivity contribution in [2.45, 2.75) is 4.90 Å². The van der Waals surface area contributed by atoms with Crippen molar-refractivity contribution in [2.24, 2.45) is 0 Å². The predicted molar refractivity (Wildman–Crippen MR) is 113 cm³/mol. The third kappa shape index (κ3) is 4.03. The fourth-order valence-corrected chi connectivity index (χ4v) is 4.48. The van der Waals surface area contributed by atoms with Crippen molar-refractivity contribution in [1.29, 1.82) is 0 Å². The van der Waals surface area contributed by atoms with Gasteiger partial charge in [-0.3, -0.25) is 10.1 Å². The summed E-state index contributed by atoms with van der Waals surface area (Å²) in [4.78, 5) is 16.9. The Hall–Kier alpha value is -3.10. The van der Waals surface area contributed by atoms with Crippen molar-refractivity contribution in [1.82, 2.24) is 4.98 Å². The topological polar surface area (TPSA) is 76.1 Å². The van der Waals surface area contributed by atoms with E-state index in [9.17, 15) is 17.6 Å². The molecule has 5 nitrogen and oxygen atoms in total. The number of nitrogens with zero attached hydrogens (tertiary/aromatic N) is 1. The molecule has 1 N–H and O–H groups in total. The molecule has 0 saturated heterocycles. The molecule has 3 aromatic carbocycles. The summed E-state index contributed by atoms with van der Waals surface area (Å²) < 4.78 is 38.5. The van der Waals surface area contributed by atoms with Crippen molar-refractivity contribution in [2.75, 3.05) is 11.6 Å². The van der Waals surface area contributed by atoms with Crippen molar-refractivity contribution in [3.63, 3.8) is 0 Å². The molecule has 1 amide bonds. The van der Waals surface area contributed by atoms with Crippen LogP contribution >= 0.6 is 11.3 Å². The van der Waals surface area contributed by atoms with Crippen LogP contribution in [0.25, 0.3) is 21.3 Å². The van der Waals surface area contributed by atoms with E-state index in [1.54, 1.807) is 12.1 Å². The Kier molecular flexibility index (Phi) is 4.89. The minimum absolute atomic E-state index is 0.0965. The molecule has 1 heterocycles. The number of sulfone groups is 1. The summed E-state index contributed by atoms with van der Waals surface area (Å²) in [7, 11) is -3.34. The molecule has 4 aromatic rings. The lowest BCUT2D eigenvalue weighted by Gasteiger charge is -2.06. The summed E-state index contributed by atoms with van der Waals surface area (Å²) in [5.74, 6) is -1.26. The molecule has 0 atom stereocenters. The predicted octanol–water partition coefficient (Wildman–Crippen LogP) is 4.76. The third-order valence-corrected chi connectivity index (χ3v) is 6.37. The lowest BCUT2D eigenvalue weighted by atomic mass is 10.0. The van der Waals surface area contributed by atoms with E-state index in [1.807, 2.05) is 30.3 Å². The number of fused-ring (bicyclic) bond motifs is 1. The lowest BCUT2D eigenvalue weighted by molar-refractivity contribution is 0.102. The largest absolute Gasteiger partial charge is 0.298 e. The molecule has 29 heavy (non-hydrogen) atoms. The van der Waals surface area contributed by atoms with Gasteiger partial charge >= 0.3 is 0 Å². The van der Waals surface area contributed by atoms with Crippen molar-refractivity contribution < 1.29 is 17.6 Å². The van der Waals surface area contributed by atoms with Crippen LogP contribution in [0, 0.1) is 5.82 Å². The number of halogens is 1. The number of hydrogen-bond acceptors (Lipinski definition) is 5. The van der Waals surface area contributed by atoms with Crippen LogP contribution in [-0.2, 0) is 9.84 Å². The number of aromatic nitrogens is 1. The maximum absolute atomic E-state index is 14.5. The molecule has 0 aliphatic rings. The van der Waals surface area contributed by atoms with E-state index in [0.29, 0.717) is 15.8 Å². The highest BCUT2D eigenvalue weighted by Crippen LogP contribution is 2.29. The second-order valence-electron chi connectivity index (χ2n) is 6.44. The number of hydrogen-bond donors (Lipinski definition) is 1. The number of anilines is 1. The highest BCUT2D eigenvalue weighted by Gasteiger charge is 2.16. The molecule has 0 fully saturated rings. The molecule has 8 heteroatoms. The zero-order valence-corrected chi connectivity index (χ0v) is 16.9. The van der Waals surface area contributed by atoms with Gasteiger partial charge in [0.2, 0.25) is 0 Å². The third-order valence-electron chi connectivity index (χ3n) is 4.33. The average molecular weight is 426 g/mol. The second-order valence-corrected chi connectivity index (χ2v) is 9.48. The Morgan fingerprint density at radius 2 is 1.76 bits per heavy atom. The highest BCUT2D eigenvalue weighted by molar-refractivity contribution is 7.90. The zero-order chi connectivity index (χ0) is 20.6. The first kappa shape index (κ1) is 19.2.